The quantitative estimate of drug-likeness (QED) is 0.732. The summed E-state index contributed by atoms with van der Waals surface area (Å²) < 4.78 is 2.10. The highest BCUT2D eigenvalue weighted by atomic mass is 15.0. The third kappa shape index (κ3) is 3.43. The molecule has 1 aliphatic rings. The summed E-state index contributed by atoms with van der Waals surface area (Å²) in [6.07, 6.45) is 10.7. The topological polar surface area (TPSA) is 29.9 Å². The number of rotatable bonds is 7. The average Bonchev–Trinajstić information content (AvgIpc) is 3.07. The van der Waals surface area contributed by atoms with Crippen LogP contribution in [-0.2, 0) is 13.5 Å². The van der Waals surface area contributed by atoms with Crippen molar-refractivity contribution in [3.05, 3.63) is 30.9 Å². The molecule has 1 fully saturated rings. The Labute approximate surface area is 104 Å². The SMILES string of the molecule is C=CC(C)(CCc1nccn1C)CNC1CC1. The van der Waals surface area contributed by atoms with Gasteiger partial charge in [0.05, 0.1) is 0 Å². The Balaban J connectivity index is 1.84. The molecule has 1 unspecified atom stereocenters. The summed E-state index contributed by atoms with van der Waals surface area (Å²) in [6, 6.07) is 0.766. The Morgan fingerprint density at radius 3 is 2.94 bits per heavy atom. The van der Waals surface area contributed by atoms with Gasteiger partial charge in [-0.25, -0.2) is 4.98 Å². The summed E-state index contributed by atoms with van der Waals surface area (Å²) in [5.74, 6) is 1.16. The first kappa shape index (κ1) is 12.4. The molecule has 1 heterocycles. The van der Waals surface area contributed by atoms with Gasteiger partial charge in [0.15, 0.2) is 0 Å². The fourth-order valence-electron chi connectivity index (χ4n) is 1.96. The second-order valence-electron chi connectivity index (χ2n) is 5.47. The highest BCUT2D eigenvalue weighted by Gasteiger charge is 2.26. The van der Waals surface area contributed by atoms with E-state index < -0.39 is 0 Å². The van der Waals surface area contributed by atoms with Crippen LogP contribution < -0.4 is 5.32 Å². The largest absolute Gasteiger partial charge is 0.338 e. The van der Waals surface area contributed by atoms with Crippen LogP contribution in [0.2, 0.25) is 0 Å². The molecule has 1 saturated carbocycles. The van der Waals surface area contributed by atoms with Crippen molar-refractivity contribution in [3.63, 3.8) is 0 Å². The van der Waals surface area contributed by atoms with Crippen molar-refractivity contribution >= 4 is 0 Å². The minimum Gasteiger partial charge on any atom is -0.338 e. The van der Waals surface area contributed by atoms with Gasteiger partial charge in [0, 0.05) is 38.4 Å². The van der Waals surface area contributed by atoms with E-state index in [1.807, 2.05) is 12.4 Å². The maximum atomic E-state index is 4.37. The molecule has 0 spiro atoms. The Hall–Kier alpha value is -1.09. The van der Waals surface area contributed by atoms with Crippen LogP contribution in [0.25, 0.3) is 0 Å². The first-order chi connectivity index (χ1) is 8.13. The van der Waals surface area contributed by atoms with Crippen LogP contribution in [0.5, 0.6) is 0 Å². The van der Waals surface area contributed by atoms with Gasteiger partial charge in [0.1, 0.15) is 5.82 Å². The molecule has 0 amide bonds. The van der Waals surface area contributed by atoms with Crippen molar-refractivity contribution in [1.82, 2.24) is 14.9 Å². The lowest BCUT2D eigenvalue weighted by Crippen LogP contribution is -2.32. The zero-order valence-electron chi connectivity index (χ0n) is 10.9. The number of hydrogen-bond donors (Lipinski definition) is 1. The fourth-order valence-corrected chi connectivity index (χ4v) is 1.96. The second kappa shape index (κ2) is 5.05. The zero-order chi connectivity index (χ0) is 12.3. The van der Waals surface area contributed by atoms with Crippen molar-refractivity contribution in [3.8, 4) is 0 Å². The lowest BCUT2D eigenvalue weighted by Gasteiger charge is -2.26. The molecular formula is C14H23N3. The Bertz CT molecular complexity index is 379. The van der Waals surface area contributed by atoms with Crippen molar-refractivity contribution in [1.29, 1.82) is 0 Å². The third-order valence-electron chi connectivity index (χ3n) is 3.71. The number of nitrogens with one attached hydrogen (secondary N) is 1. The zero-order valence-corrected chi connectivity index (χ0v) is 10.9. The summed E-state index contributed by atoms with van der Waals surface area (Å²) in [5, 5.41) is 3.59. The van der Waals surface area contributed by atoms with Gasteiger partial charge in [-0.3, -0.25) is 0 Å². The summed E-state index contributed by atoms with van der Waals surface area (Å²) in [7, 11) is 2.05. The van der Waals surface area contributed by atoms with Gasteiger partial charge in [-0.05, 0) is 24.7 Å². The molecule has 94 valence electrons. The van der Waals surface area contributed by atoms with E-state index in [2.05, 4.69) is 41.5 Å². The lowest BCUT2D eigenvalue weighted by atomic mass is 9.85. The lowest BCUT2D eigenvalue weighted by molar-refractivity contribution is 0.359. The van der Waals surface area contributed by atoms with Crippen LogP contribution in [-0.4, -0.2) is 22.1 Å². The van der Waals surface area contributed by atoms with E-state index in [9.17, 15) is 0 Å². The minimum atomic E-state index is 0.175. The molecule has 2 rings (SSSR count). The maximum Gasteiger partial charge on any atom is 0.108 e. The van der Waals surface area contributed by atoms with Gasteiger partial charge in [0.25, 0.3) is 0 Å². The van der Waals surface area contributed by atoms with Gasteiger partial charge < -0.3 is 9.88 Å². The van der Waals surface area contributed by atoms with Crippen LogP contribution in [0.3, 0.4) is 0 Å². The average molecular weight is 233 g/mol. The van der Waals surface area contributed by atoms with Gasteiger partial charge in [-0.15, -0.1) is 6.58 Å². The van der Waals surface area contributed by atoms with Crippen LogP contribution in [0.4, 0.5) is 0 Å². The van der Waals surface area contributed by atoms with Gasteiger partial charge in [-0.2, -0.15) is 0 Å². The summed E-state index contributed by atoms with van der Waals surface area (Å²) in [5.41, 5.74) is 0.175. The highest BCUT2D eigenvalue weighted by molar-refractivity contribution is 4.99. The van der Waals surface area contributed by atoms with E-state index in [1.165, 1.54) is 12.8 Å². The van der Waals surface area contributed by atoms with E-state index >= 15 is 0 Å². The Morgan fingerprint density at radius 2 is 2.41 bits per heavy atom. The molecule has 17 heavy (non-hydrogen) atoms. The van der Waals surface area contributed by atoms with E-state index in [4.69, 9.17) is 0 Å². The molecule has 1 aromatic heterocycles. The minimum absolute atomic E-state index is 0.175. The normalized spacial score (nSPS) is 18.9. The van der Waals surface area contributed by atoms with Crippen LogP contribution in [0, 0.1) is 5.41 Å². The highest BCUT2D eigenvalue weighted by Crippen LogP contribution is 2.26. The third-order valence-corrected chi connectivity index (χ3v) is 3.71. The molecule has 1 atom stereocenters. The number of aromatic nitrogens is 2. The molecule has 0 saturated heterocycles. The van der Waals surface area contributed by atoms with E-state index in [1.54, 1.807) is 0 Å². The first-order valence-electron chi connectivity index (χ1n) is 6.46. The standard InChI is InChI=1S/C14H23N3/c1-4-14(2,11-16-12-5-6-12)8-7-13-15-9-10-17(13)3/h4,9-10,12,16H,1,5-8,11H2,2-3H3. The van der Waals surface area contributed by atoms with Crippen LogP contribution in [0.1, 0.15) is 32.0 Å². The van der Waals surface area contributed by atoms with E-state index in [0.717, 1.165) is 31.3 Å². The van der Waals surface area contributed by atoms with E-state index in [0.29, 0.717) is 0 Å². The van der Waals surface area contributed by atoms with Crippen molar-refractivity contribution < 1.29 is 0 Å². The predicted molar refractivity (Wildman–Crippen MR) is 70.9 cm³/mol. The Morgan fingerprint density at radius 1 is 1.65 bits per heavy atom. The molecule has 1 aromatic rings. The molecule has 0 bridgehead atoms. The second-order valence-corrected chi connectivity index (χ2v) is 5.47. The molecule has 0 radical (unpaired) electrons. The van der Waals surface area contributed by atoms with Crippen LogP contribution in [0.15, 0.2) is 25.0 Å². The molecule has 1 N–H and O–H groups in total. The predicted octanol–water partition coefficient (Wildman–Crippen LogP) is 2.30. The van der Waals surface area contributed by atoms with Crippen molar-refractivity contribution in [2.45, 2.75) is 38.6 Å². The van der Waals surface area contributed by atoms with Gasteiger partial charge >= 0.3 is 0 Å². The Kier molecular flexibility index (Phi) is 3.67. The smallest absolute Gasteiger partial charge is 0.108 e. The summed E-state index contributed by atoms with van der Waals surface area (Å²) >= 11 is 0. The molecule has 1 aliphatic carbocycles. The fraction of sp³-hybridized carbons (Fsp3) is 0.643. The number of aryl methyl sites for hydroxylation is 2. The van der Waals surface area contributed by atoms with Crippen LogP contribution >= 0.6 is 0 Å². The number of nitrogens with zero attached hydrogens (tertiary/aromatic N) is 2. The van der Waals surface area contributed by atoms with E-state index in [-0.39, 0.29) is 5.41 Å². The summed E-state index contributed by atoms with van der Waals surface area (Å²) in [4.78, 5) is 4.37. The molecule has 3 heteroatoms. The molecule has 3 nitrogen and oxygen atoms in total. The summed E-state index contributed by atoms with van der Waals surface area (Å²) in [6.45, 7) is 7.30. The maximum absolute atomic E-state index is 4.37. The van der Waals surface area contributed by atoms with Crippen molar-refractivity contribution in [2.24, 2.45) is 12.5 Å². The van der Waals surface area contributed by atoms with Gasteiger partial charge in [0.2, 0.25) is 0 Å². The molecule has 0 aliphatic heterocycles. The van der Waals surface area contributed by atoms with Crippen molar-refractivity contribution in [2.75, 3.05) is 6.54 Å². The molecular weight excluding hydrogens is 210 g/mol. The number of imidazole rings is 1. The molecule has 0 aromatic carbocycles. The van der Waals surface area contributed by atoms with Gasteiger partial charge in [-0.1, -0.05) is 13.0 Å². The monoisotopic (exact) mass is 233 g/mol. The number of hydrogen-bond acceptors (Lipinski definition) is 2. The first-order valence-corrected chi connectivity index (χ1v) is 6.46.